The molecule has 6 rings (SSSR count). The molecule has 0 fully saturated rings. The average molecular weight is 661 g/mol. The molecule has 0 saturated heterocycles. The third-order valence-corrected chi connectivity index (χ3v) is 6.66. The Morgan fingerprint density at radius 2 is 1.49 bits per heavy atom. The van der Waals surface area contributed by atoms with Crippen LogP contribution in [0.1, 0.15) is 36.1 Å². The molecule has 1 aliphatic rings. The van der Waals surface area contributed by atoms with E-state index in [0.717, 1.165) is 34.0 Å². The van der Waals surface area contributed by atoms with Gasteiger partial charge in [-0.2, -0.15) is 0 Å². The first-order valence-corrected chi connectivity index (χ1v) is 12.1. The van der Waals surface area contributed by atoms with Crippen molar-refractivity contribution in [3.63, 3.8) is 0 Å². The van der Waals surface area contributed by atoms with Crippen molar-refractivity contribution >= 4 is 0 Å². The summed E-state index contributed by atoms with van der Waals surface area (Å²) in [6.07, 6.45) is 3.71. The predicted octanol–water partition coefficient (Wildman–Crippen LogP) is 8.14. The molecule has 0 amide bonds. The molecular weight excluding hydrogens is 633 g/mol. The van der Waals surface area contributed by atoms with Crippen LogP contribution in [0.4, 0.5) is 0 Å². The summed E-state index contributed by atoms with van der Waals surface area (Å²) in [5.74, 6) is 1.81. The van der Waals surface area contributed by atoms with Gasteiger partial charge in [-0.25, -0.2) is 0 Å². The van der Waals surface area contributed by atoms with Crippen molar-refractivity contribution in [2.45, 2.75) is 33.1 Å². The van der Waals surface area contributed by atoms with Crippen molar-refractivity contribution in [1.29, 1.82) is 0 Å². The normalized spacial score (nSPS) is 12.5. The van der Waals surface area contributed by atoms with Gasteiger partial charge in [0, 0.05) is 49.2 Å². The maximum absolute atomic E-state index is 6.05. The van der Waals surface area contributed by atoms with Gasteiger partial charge in [-0.1, -0.05) is 61.4 Å². The van der Waals surface area contributed by atoms with Crippen molar-refractivity contribution in [2.24, 2.45) is 0 Å². The molecule has 0 bridgehead atoms. The van der Waals surface area contributed by atoms with Crippen LogP contribution < -0.4 is 4.74 Å². The van der Waals surface area contributed by atoms with Gasteiger partial charge in [-0.15, -0.1) is 59.7 Å². The number of rotatable bonds is 2. The number of aryl methyl sites for hydroxylation is 2. The van der Waals surface area contributed by atoms with Crippen LogP contribution in [0.3, 0.4) is 0 Å². The van der Waals surface area contributed by atoms with Crippen molar-refractivity contribution in [3.05, 3.63) is 132 Å². The Hall–Kier alpha value is -3.59. The largest absolute Gasteiger partial charge is 0.501 e. The molecule has 187 valence electrons. The fourth-order valence-electron chi connectivity index (χ4n) is 4.38. The van der Waals surface area contributed by atoms with E-state index < -0.39 is 0 Å². The molecule has 1 aliphatic heterocycles. The molecule has 0 aliphatic carbocycles. The molecule has 37 heavy (non-hydrogen) atoms. The van der Waals surface area contributed by atoms with Crippen LogP contribution in [0.5, 0.6) is 11.5 Å². The minimum atomic E-state index is -0.108. The quantitative estimate of drug-likeness (QED) is 0.179. The number of aromatic nitrogens is 2. The second kappa shape index (κ2) is 11.2. The molecule has 0 unspecified atom stereocenters. The molecule has 3 aromatic carbocycles. The molecule has 0 atom stereocenters. The second-order valence-corrected chi connectivity index (χ2v) is 9.49. The summed E-state index contributed by atoms with van der Waals surface area (Å²) in [4.78, 5) is 8.80. The topological polar surface area (TPSA) is 35.0 Å². The van der Waals surface area contributed by atoms with E-state index in [1.807, 2.05) is 66.9 Å². The van der Waals surface area contributed by atoms with E-state index >= 15 is 0 Å². The summed E-state index contributed by atoms with van der Waals surface area (Å²) >= 11 is 0. The van der Waals surface area contributed by atoms with Crippen LogP contribution in [-0.2, 0) is 25.5 Å². The number of para-hydroxylation sites is 1. The molecule has 1 radical (unpaired) electrons. The number of fused-ring (bicyclic) bond motifs is 2. The number of benzene rings is 3. The van der Waals surface area contributed by atoms with E-state index in [2.05, 4.69) is 74.1 Å². The van der Waals surface area contributed by atoms with Crippen LogP contribution in [-0.4, -0.2) is 9.97 Å². The van der Waals surface area contributed by atoms with Crippen molar-refractivity contribution in [1.82, 2.24) is 9.97 Å². The van der Waals surface area contributed by atoms with Gasteiger partial charge in [0.05, 0.1) is 0 Å². The molecule has 0 saturated carbocycles. The van der Waals surface area contributed by atoms with Crippen LogP contribution >= 0.6 is 0 Å². The first kappa shape index (κ1) is 26.5. The Kier molecular flexibility index (Phi) is 8.02. The fourth-order valence-corrected chi connectivity index (χ4v) is 4.38. The van der Waals surface area contributed by atoms with Gasteiger partial charge in [-0.05, 0) is 42.9 Å². The Bertz CT molecular complexity index is 1500. The van der Waals surface area contributed by atoms with Crippen LogP contribution in [0, 0.1) is 26.0 Å². The van der Waals surface area contributed by atoms with E-state index in [9.17, 15) is 0 Å². The summed E-state index contributed by atoms with van der Waals surface area (Å²) in [6.45, 7) is 8.63. The Balaban J connectivity index is 0.000000186. The zero-order valence-electron chi connectivity index (χ0n) is 21.4. The van der Waals surface area contributed by atoms with Crippen LogP contribution in [0.2, 0.25) is 0 Å². The third-order valence-electron chi connectivity index (χ3n) is 6.66. The number of nitrogens with zero attached hydrogens (tertiary/aromatic N) is 2. The van der Waals surface area contributed by atoms with Gasteiger partial charge in [0.2, 0.25) is 0 Å². The predicted molar refractivity (Wildman–Crippen MR) is 145 cm³/mol. The monoisotopic (exact) mass is 661 g/mol. The minimum Gasteiger partial charge on any atom is -0.501 e. The summed E-state index contributed by atoms with van der Waals surface area (Å²) < 4.78 is 6.05. The SMILES string of the molecule is CC1(C)c2ccccc2Oc2c[c-]c(-c3ccccn3)cc21.Cc1cnc(-c2[c-]cccc2)cc1C.[Ir]. The van der Waals surface area contributed by atoms with Gasteiger partial charge < -0.3 is 14.7 Å². The second-order valence-electron chi connectivity index (χ2n) is 9.49. The van der Waals surface area contributed by atoms with Gasteiger partial charge in [0.25, 0.3) is 0 Å². The van der Waals surface area contributed by atoms with E-state index in [0.29, 0.717) is 0 Å². The smallest absolute Gasteiger partial charge is 0.118 e. The van der Waals surface area contributed by atoms with E-state index in [1.54, 1.807) is 6.20 Å². The van der Waals surface area contributed by atoms with Crippen molar-refractivity contribution < 1.29 is 24.8 Å². The molecular formula is C33H28IrN2O-2. The molecule has 0 spiro atoms. The maximum Gasteiger partial charge on any atom is 0.118 e. The molecule has 0 N–H and O–H groups in total. The summed E-state index contributed by atoms with van der Waals surface area (Å²) in [6, 6.07) is 34.7. The number of hydrogen-bond acceptors (Lipinski definition) is 3. The van der Waals surface area contributed by atoms with E-state index in [-0.39, 0.29) is 25.5 Å². The van der Waals surface area contributed by atoms with Crippen molar-refractivity contribution in [2.75, 3.05) is 0 Å². The van der Waals surface area contributed by atoms with Crippen LogP contribution in [0.15, 0.2) is 97.3 Å². The first-order chi connectivity index (χ1) is 17.4. The molecule has 3 nitrogen and oxygen atoms in total. The molecule has 2 aromatic heterocycles. The van der Waals surface area contributed by atoms with Gasteiger partial charge in [0.15, 0.2) is 0 Å². The Labute approximate surface area is 233 Å². The van der Waals surface area contributed by atoms with E-state index in [4.69, 9.17) is 4.74 Å². The summed E-state index contributed by atoms with van der Waals surface area (Å²) in [7, 11) is 0. The number of hydrogen-bond donors (Lipinski definition) is 0. The van der Waals surface area contributed by atoms with Gasteiger partial charge in [-0.3, -0.25) is 0 Å². The number of pyridine rings is 2. The Morgan fingerprint density at radius 3 is 2.22 bits per heavy atom. The number of ether oxygens (including phenoxy) is 1. The van der Waals surface area contributed by atoms with E-state index in [1.165, 1.54) is 22.3 Å². The Morgan fingerprint density at radius 1 is 0.703 bits per heavy atom. The standard InChI is InChI=1S/C20H16NO.C13H12N.Ir/c1-20(2)15-7-3-4-9-18(15)22-19-11-10-14(13-16(19)20)17-8-5-6-12-21-17;1-10-8-13(14-9-11(10)2)12-6-4-3-5-7-12;/h3-9,11-13H,1-2H3;3-6,8-9H,1-2H3;/q2*-1;. The molecule has 4 heteroatoms. The van der Waals surface area contributed by atoms with Gasteiger partial charge >= 0.3 is 0 Å². The zero-order valence-corrected chi connectivity index (χ0v) is 23.8. The average Bonchev–Trinajstić information content (AvgIpc) is 2.92. The molecule has 3 heterocycles. The first-order valence-electron chi connectivity index (χ1n) is 12.1. The van der Waals surface area contributed by atoms with Crippen LogP contribution in [0.25, 0.3) is 22.5 Å². The third kappa shape index (κ3) is 5.56. The van der Waals surface area contributed by atoms with Gasteiger partial charge in [0.1, 0.15) is 5.75 Å². The maximum atomic E-state index is 6.05. The summed E-state index contributed by atoms with van der Waals surface area (Å²) in [5.41, 5.74) is 8.74. The summed E-state index contributed by atoms with van der Waals surface area (Å²) in [5, 5.41) is 0. The van der Waals surface area contributed by atoms with Crippen molar-refractivity contribution in [3.8, 4) is 34.0 Å². The molecule has 5 aromatic rings. The zero-order chi connectivity index (χ0) is 25.1. The fraction of sp³-hybridized carbons (Fsp3) is 0.152. The minimum absolute atomic E-state index is 0.